The number of sulfonamides is 1. The van der Waals surface area contributed by atoms with E-state index >= 15 is 0 Å². The number of rotatable bonds is 4. The molecule has 1 fully saturated rings. The Balaban J connectivity index is 2.31. The molecule has 1 aliphatic rings. The molecular weight excluding hydrogens is 267 g/mol. The Morgan fingerprint density at radius 3 is 2.17 bits per heavy atom. The first-order chi connectivity index (χ1) is 8.31. The summed E-state index contributed by atoms with van der Waals surface area (Å²) >= 11 is 0. The zero-order valence-corrected chi connectivity index (χ0v) is 10.2. The van der Waals surface area contributed by atoms with Crippen molar-refractivity contribution in [2.75, 3.05) is 6.54 Å². The van der Waals surface area contributed by atoms with Crippen molar-refractivity contribution in [1.29, 1.82) is 0 Å². The summed E-state index contributed by atoms with van der Waals surface area (Å²) < 4.78 is 62.1. The molecule has 0 amide bonds. The number of halogens is 3. The summed E-state index contributed by atoms with van der Waals surface area (Å²) in [5.74, 6) is 0. The molecule has 1 aliphatic carbocycles. The maximum Gasteiger partial charge on any atom is 0.402 e. The molecule has 0 saturated heterocycles. The lowest BCUT2D eigenvalue weighted by molar-refractivity contribution is -0.137. The second-order valence-corrected chi connectivity index (χ2v) is 6.10. The monoisotopic (exact) mass is 279 g/mol. The van der Waals surface area contributed by atoms with E-state index in [1.165, 1.54) is 24.3 Å². The first-order valence-corrected chi connectivity index (χ1v) is 6.88. The summed E-state index contributed by atoms with van der Waals surface area (Å²) in [5.41, 5.74) is 0. The minimum absolute atomic E-state index is 0.0962. The van der Waals surface area contributed by atoms with Crippen molar-refractivity contribution in [3.8, 4) is 0 Å². The molecule has 0 spiro atoms. The van der Waals surface area contributed by atoms with E-state index in [-0.39, 0.29) is 4.90 Å². The van der Waals surface area contributed by atoms with Gasteiger partial charge in [-0.25, -0.2) is 8.42 Å². The van der Waals surface area contributed by atoms with Gasteiger partial charge in [0, 0.05) is 6.04 Å². The van der Waals surface area contributed by atoms with E-state index in [2.05, 4.69) is 0 Å². The molecule has 0 aromatic heterocycles. The summed E-state index contributed by atoms with van der Waals surface area (Å²) in [6.45, 7) is -1.42. The molecule has 3 nitrogen and oxygen atoms in total. The van der Waals surface area contributed by atoms with Crippen molar-refractivity contribution in [1.82, 2.24) is 4.31 Å². The van der Waals surface area contributed by atoms with Gasteiger partial charge in [-0.15, -0.1) is 0 Å². The molecule has 0 radical (unpaired) electrons. The van der Waals surface area contributed by atoms with E-state index in [0.717, 1.165) is 0 Å². The van der Waals surface area contributed by atoms with Gasteiger partial charge < -0.3 is 0 Å². The zero-order valence-electron chi connectivity index (χ0n) is 9.39. The average molecular weight is 279 g/mol. The van der Waals surface area contributed by atoms with Gasteiger partial charge in [-0.05, 0) is 25.0 Å². The molecule has 7 heteroatoms. The van der Waals surface area contributed by atoms with Crippen LogP contribution >= 0.6 is 0 Å². The van der Waals surface area contributed by atoms with Crippen LogP contribution < -0.4 is 0 Å². The minimum Gasteiger partial charge on any atom is -0.207 e. The maximum absolute atomic E-state index is 12.4. The Morgan fingerprint density at radius 1 is 1.17 bits per heavy atom. The number of nitrogens with zero attached hydrogens (tertiary/aromatic N) is 1. The van der Waals surface area contributed by atoms with Gasteiger partial charge in [-0.1, -0.05) is 18.2 Å². The highest BCUT2D eigenvalue weighted by Gasteiger charge is 2.44. The third-order valence-electron chi connectivity index (χ3n) is 2.64. The summed E-state index contributed by atoms with van der Waals surface area (Å²) in [5, 5.41) is 0. The zero-order chi connectivity index (χ0) is 13.4. The second-order valence-electron chi connectivity index (χ2n) is 4.21. The molecule has 1 aromatic rings. The fourth-order valence-corrected chi connectivity index (χ4v) is 3.37. The third kappa shape index (κ3) is 3.02. The van der Waals surface area contributed by atoms with Crippen molar-refractivity contribution in [3.63, 3.8) is 0 Å². The molecule has 1 saturated carbocycles. The highest BCUT2D eigenvalue weighted by atomic mass is 32.2. The van der Waals surface area contributed by atoms with Gasteiger partial charge in [-0.2, -0.15) is 17.5 Å². The number of benzene rings is 1. The lowest BCUT2D eigenvalue weighted by atomic mass is 10.4. The van der Waals surface area contributed by atoms with Gasteiger partial charge in [-0.3, -0.25) is 0 Å². The van der Waals surface area contributed by atoms with E-state index < -0.39 is 28.8 Å². The Kier molecular flexibility index (Phi) is 3.37. The Hall–Kier alpha value is -1.08. The van der Waals surface area contributed by atoms with Crippen LogP contribution in [0.15, 0.2) is 35.2 Å². The predicted molar refractivity (Wildman–Crippen MR) is 59.4 cm³/mol. The topological polar surface area (TPSA) is 37.4 Å². The minimum atomic E-state index is -4.52. The van der Waals surface area contributed by atoms with E-state index in [1.807, 2.05) is 0 Å². The predicted octanol–water partition coefficient (Wildman–Crippen LogP) is 2.40. The summed E-state index contributed by atoms with van der Waals surface area (Å²) in [4.78, 5) is -0.0962. The first kappa shape index (κ1) is 13.4. The number of alkyl halides is 3. The number of hydrogen-bond donors (Lipinski definition) is 0. The lowest BCUT2D eigenvalue weighted by Gasteiger charge is -2.23. The van der Waals surface area contributed by atoms with Crippen LogP contribution in [0.5, 0.6) is 0 Å². The third-order valence-corrected chi connectivity index (χ3v) is 4.55. The highest BCUT2D eigenvalue weighted by molar-refractivity contribution is 7.89. The molecular formula is C11H12F3NO2S. The summed E-state index contributed by atoms with van der Waals surface area (Å²) in [6, 6.07) is 6.70. The van der Waals surface area contributed by atoms with Gasteiger partial charge in [0.25, 0.3) is 0 Å². The fourth-order valence-electron chi connectivity index (χ4n) is 1.68. The van der Waals surface area contributed by atoms with Crippen LogP contribution in [0.4, 0.5) is 13.2 Å². The van der Waals surface area contributed by atoms with Crippen molar-refractivity contribution in [2.24, 2.45) is 0 Å². The van der Waals surface area contributed by atoms with Crippen LogP contribution in [-0.2, 0) is 10.0 Å². The van der Waals surface area contributed by atoms with Gasteiger partial charge >= 0.3 is 6.18 Å². The SMILES string of the molecule is O=S(=O)(c1ccccc1)N(CC(F)(F)F)C1CC1. The van der Waals surface area contributed by atoms with E-state index in [1.54, 1.807) is 6.07 Å². The van der Waals surface area contributed by atoms with Crippen LogP contribution in [0.1, 0.15) is 12.8 Å². The lowest BCUT2D eigenvalue weighted by Crippen LogP contribution is -2.40. The molecule has 1 aromatic carbocycles. The van der Waals surface area contributed by atoms with E-state index in [0.29, 0.717) is 17.1 Å². The number of hydrogen-bond acceptors (Lipinski definition) is 2. The Labute approximate surface area is 103 Å². The van der Waals surface area contributed by atoms with Crippen molar-refractivity contribution >= 4 is 10.0 Å². The van der Waals surface area contributed by atoms with Crippen molar-refractivity contribution in [3.05, 3.63) is 30.3 Å². The fraction of sp³-hybridized carbons (Fsp3) is 0.455. The second kappa shape index (κ2) is 4.55. The quantitative estimate of drug-likeness (QED) is 0.848. The van der Waals surface area contributed by atoms with E-state index in [9.17, 15) is 21.6 Å². The standard InChI is InChI=1S/C11H12F3NO2S/c12-11(13,14)8-15(9-6-7-9)18(16,17)10-4-2-1-3-5-10/h1-5,9H,6-8H2. The first-order valence-electron chi connectivity index (χ1n) is 5.44. The summed E-state index contributed by atoms with van der Waals surface area (Å²) in [6.07, 6.45) is -3.55. The largest absolute Gasteiger partial charge is 0.402 e. The van der Waals surface area contributed by atoms with Gasteiger partial charge in [0.1, 0.15) is 6.54 Å². The Morgan fingerprint density at radius 2 is 1.72 bits per heavy atom. The van der Waals surface area contributed by atoms with Crippen LogP contribution in [0.2, 0.25) is 0 Å². The van der Waals surface area contributed by atoms with E-state index in [4.69, 9.17) is 0 Å². The smallest absolute Gasteiger partial charge is 0.207 e. The van der Waals surface area contributed by atoms with Crippen LogP contribution in [-0.4, -0.2) is 31.5 Å². The highest BCUT2D eigenvalue weighted by Crippen LogP contribution is 2.34. The molecule has 0 atom stereocenters. The normalized spacial score (nSPS) is 17.1. The van der Waals surface area contributed by atoms with Gasteiger partial charge in [0.2, 0.25) is 10.0 Å². The van der Waals surface area contributed by atoms with Crippen LogP contribution in [0.25, 0.3) is 0 Å². The molecule has 100 valence electrons. The van der Waals surface area contributed by atoms with Crippen LogP contribution in [0, 0.1) is 0 Å². The molecule has 0 N–H and O–H groups in total. The molecule has 0 aliphatic heterocycles. The maximum atomic E-state index is 12.4. The Bertz CT molecular complexity index is 509. The molecule has 0 unspecified atom stereocenters. The molecule has 18 heavy (non-hydrogen) atoms. The van der Waals surface area contributed by atoms with Gasteiger partial charge in [0.15, 0.2) is 0 Å². The van der Waals surface area contributed by atoms with Gasteiger partial charge in [0.05, 0.1) is 4.90 Å². The van der Waals surface area contributed by atoms with Crippen molar-refractivity contribution < 1.29 is 21.6 Å². The van der Waals surface area contributed by atoms with Crippen molar-refractivity contribution in [2.45, 2.75) is 30.0 Å². The van der Waals surface area contributed by atoms with Crippen LogP contribution in [0.3, 0.4) is 0 Å². The molecule has 2 rings (SSSR count). The average Bonchev–Trinajstić information content (AvgIpc) is 3.09. The molecule has 0 bridgehead atoms. The summed E-state index contributed by atoms with van der Waals surface area (Å²) in [7, 11) is -4.06. The molecule has 0 heterocycles.